The lowest BCUT2D eigenvalue weighted by atomic mass is 10.0. The average Bonchev–Trinajstić information content (AvgIpc) is 3.22. The van der Waals surface area contributed by atoms with Crippen molar-refractivity contribution in [3.8, 4) is 5.75 Å². The van der Waals surface area contributed by atoms with Gasteiger partial charge in [-0.3, -0.25) is 9.69 Å². The summed E-state index contributed by atoms with van der Waals surface area (Å²) in [6.07, 6.45) is 3.54. The van der Waals surface area contributed by atoms with Gasteiger partial charge in [0.2, 0.25) is 5.91 Å². The number of nitrogens with two attached hydrogens (primary N) is 1. The third kappa shape index (κ3) is 5.23. The second kappa shape index (κ2) is 9.42. The molecule has 0 aromatic heterocycles. The van der Waals surface area contributed by atoms with Crippen molar-refractivity contribution in [2.45, 2.75) is 31.7 Å². The number of nitrogens with zero attached hydrogens (tertiary/aromatic N) is 1. The zero-order chi connectivity index (χ0) is 19.1. The summed E-state index contributed by atoms with van der Waals surface area (Å²) < 4.78 is 5.26. The van der Waals surface area contributed by atoms with Crippen molar-refractivity contribution in [3.05, 3.63) is 59.7 Å². The van der Waals surface area contributed by atoms with Gasteiger partial charge in [0.1, 0.15) is 5.75 Å². The van der Waals surface area contributed by atoms with Gasteiger partial charge >= 0.3 is 0 Å². The number of likely N-dealkylation sites (tertiary alicyclic amines) is 1. The molecular weight excluding hydrogens is 338 g/mol. The molecule has 1 saturated heterocycles. The maximum atomic E-state index is 12.4. The number of methoxy groups -OCH3 is 1. The van der Waals surface area contributed by atoms with E-state index in [2.05, 4.69) is 22.3 Å². The largest absolute Gasteiger partial charge is 0.497 e. The Balaban J connectivity index is 1.58. The number of para-hydroxylation sites is 1. The molecule has 2 aromatic carbocycles. The number of hydrogen-bond donors (Lipinski definition) is 2. The van der Waals surface area contributed by atoms with Crippen molar-refractivity contribution < 1.29 is 9.53 Å². The number of nitrogens with one attached hydrogen (secondary N) is 1. The fraction of sp³-hybridized carbons (Fsp3) is 0.409. The molecule has 0 saturated carbocycles. The Morgan fingerprint density at radius 2 is 1.85 bits per heavy atom. The maximum absolute atomic E-state index is 12.4. The van der Waals surface area contributed by atoms with Gasteiger partial charge in [-0.15, -0.1) is 0 Å². The van der Waals surface area contributed by atoms with Gasteiger partial charge in [-0.2, -0.15) is 0 Å². The minimum Gasteiger partial charge on any atom is -0.497 e. The van der Waals surface area contributed by atoms with E-state index >= 15 is 0 Å². The van der Waals surface area contributed by atoms with Crippen molar-refractivity contribution in [2.24, 2.45) is 0 Å². The molecule has 3 N–H and O–H groups in total. The molecule has 1 fully saturated rings. The van der Waals surface area contributed by atoms with Crippen molar-refractivity contribution >= 4 is 11.6 Å². The number of aryl methyl sites for hydroxylation is 1. The number of anilines is 1. The number of rotatable bonds is 8. The van der Waals surface area contributed by atoms with Gasteiger partial charge in [0, 0.05) is 18.7 Å². The second-order valence-corrected chi connectivity index (χ2v) is 7.03. The smallest absolute Gasteiger partial charge is 0.220 e. The van der Waals surface area contributed by atoms with Crippen LogP contribution in [0.25, 0.3) is 0 Å². The fourth-order valence-corrected chi connectivity index (χ4v) is 3.65. The number of carbonyl (C=O) groups is 1. The molecular formula is C22H29N3O2. The quantitative estimate of drug-likeness (QED) is 0.703. The number of nitrogen functional groups attached to an aromatic ring is 1. The monoisotopic (exact) mass is 367 g/mol. The van der Waals surface area contributed by atoms with Crippen molar-refractivity contribution in [3.63, 3.8) is 0 Å². The van der Waals surface area contributed by atoms with Crippen molar-refractivity contribution in [1.29, 1.82) is 0 Å². The van der Waals surface area contributed by atoms with Crippen LogP contribution in [0.4, 0.5) is 5.69 Å². The average molecular weight is 367 g/mol. The third-order valence-corrected chi connectivity index (χ3v) is 5.25. The number of ether oxygens (including phenoxy) is 1. The van der Waals surface area contributed by atoms with Crippen LogP contribution in [0.5, 0.6) is 5.75 Å². The van der Waals surface area contributed by atoms with Gasteiger partial charge in [0.15, 0.2) is 0 Å². The van der Waals surface area contributed by atoms with Crippen LogP contribution < -0.4 is 15.8 Å². The zero-order valence-electron chi connectivity index (χ0n) is 16.0. The molecule has 1 atom stereocenters. The van der Waals surface area contributed by atoms with Crippen LogP contribution in [0.3, 0.4) is 0 Å². The van der Waals surface area contributed by atoms with Crippen LogP contribution in [-0.4, -0.2) is 37.6 Å². The first-order valence-electron chi connectivity index (χ1n) is 9.65. The Labute approximate surface area is 161 Å². The molecule has 0 radical (unpaired) electrons. The van der Waals surface area contributed by atoms with E-state index in [-0.39, 0.29) is 11.9 Å². The van der Waals surface area contributed by atoms with Gasteiger partial charge in [0.25, 0.3) is 0 Å². The molecule has 0 bridgehead atoms. The molecule has 27 heavy (non-hydrogen) atoms. The molecule has 1 heterocycles. The second-order valence-electron chi connectivity index (χ2n) is 7.03. The van der Waals surface area contributed by atoms with Crippen LogP contribution in [0.2, 0.25) is 0 Å². The van der Waals surface area contributed by atoms with Crippen LogP contribution in [0.15, 0.2) is 48.5 Å². The van der Waals surface area contributed by atoms with Gasteiger partial charge in [-0.25, -0.2) is 0 Å². The van der Waals surface area contributed by atoms with Crippen LogP contribution in [-0.2, 0) is 11.2 Å². The van der Waals surface area contributed by atoms with Crippen LogP contribution in [0, 0.1) is 0 Å². The van der Waals surface area contributed by atoms with Crippen LogP contribution in [0.1, 0.15) is 36.4 Å². The van der Waals surface area contributed by atoms with E-state index in [4.69, 9.17) is 10.5 Å². The Hall–Kier alpha value is -2.53. The summed E-state index contributed by atoms with van der Waals surface area (Å²) >= 11 is 0. The summed E-state index contributed by atoms with van der Waals surface area (Å²) in [5.41, 5.74) is 8.95. The molecule has 1 unspecified atom stereocenters. The van der Waals surface area contributed by atoms with E-state index in [1.165, 1.54) is 18.4 Å². The molecule has 5 heteroatoms. The molecule has 1 amide bonds. The number of hydrogen-bond acceptors (Lipinski definition) is 4. The highest BCUT2D eigenvalue weighted by molar-refractivity contribution is 5.76. The highest BCUT2D eigenvalue weighted by Gasteiger charge is 2.24. The first-order valence-corrected chi connectivity index (χ1v) is 9.65. The SMILES string of the molecule is COc1ccc(C(CNC(=O)CCc2ccccc2N)N2CCCC2)cc1. The number of benzene rings is 2. The lowest BCUT2D eigenvalue weighted by Crippen LogP contribution is -2.36. The topological polar surface area (TPSA) is 67.6 Å². The summed E-state index contributed by atoms with van der Waals surface area (Å²) in [5.74, 6) is 0.916. The van der Waals surface area contributed by atoms with Gasteiger partial charge in [-0.1, -0.05) is 30.3 Å². The Bertz CT molecular complexity index is 739. The van der Waals surface area contributed by atoms with E-state index in [1.807, 2.05) is 36.4 Å². The predicted molar refractivity (Wildman–Crippen MR) is 109 cm³/mol. The summed E-state index contributed by atoms with van der Waals surface area (Å²) in [4.78, 5) is 14.8. The Morgan fingerprint density at radius 1 is 1.15 bits per heavy atom. The number of amides is 1. The van der Waals surface area contributed by atoms with Crippen molar-refractivity contribution in [2.75, 3.05) is 32.5 Å². The maximum Gasteiger partial charge on any atom is 0.220 e. The Kier molecular flexibility index (Phi) is 6.71. The van der Waals surface area contributed by atoms with Gasteiger partial charge < -0.3 is 15.8 Å². The van der Waals surface area contributed by atoms with E-state index in [1.54, 1.807) is 7.11 Å². The predicted octanol–water partition coefficient (Wildman–Crippen LogP) is 3.16. The minimum absolute atomic E-state index is 0.0657. The molecule has 1 aliphatic rings. The minimum atomic E-state index is 0.0657. The molecule has 144 valence electrons. The third-order valence-electron chi connectivity index (χ3n) is 5.25. The molecule has 1 aliphatic heterocycles. The van der Waals surface area contributed by atoms with E-state index in [0.29, 0.717) is 19.4 Å². The molecule has 5 nitrogen and oxygen atoms in total. The fourth-order valence-electron chi connectivity index (χ4n) is 3.65. The lowest BCUT2D eigenvalue weighted by molar-refractivity contribution is -0.121. The van der Waals surface area contributed by atoms with E-state index in [0.717, 1.165) is 30.1 Å². The molecule has 0 spiro atoms. The molecule has 3 rings (SSSR count). The zero-order valence-corrected chi connectivity index (χ0v) is 16.0. The highest BCUT2D eigenvalue weighted by Crippen LogP contribution is 2.26. The van der Waals surface area contributed by atoms with Crippen molar-refractivity contribution in [1.82, 2.24) is 10.2 Å². The van der Waals surface area contributed by atoms with E-state index < -0.39 is 0 Å². The highest BCUT2D eigenvalue weighted by atomic mass is 16.5. The van der Waals surface area contributed by atoms with Gasteiger partial charge in [-0.05, 0) is 61.7 Å². The first-order chi connectivity index (χ1) is 13.2. The summed E-state index contributed by atoms with van der Waals surface area (Å²) in [6, 6.07) is 16.1. The Morgan fingerprint density at radius 3 is 2.52 bits per heavy atom. The number of carbonyl (C=O) groups excluding carboxylic acids is 1. The molecule has 2 aromatic rings. The summed E-state index contributed by atoms with van der Waals surface area (Å²) in [7, 11) is 1.67. The van der Waals surface area contributed by atoms with Crippen LogP contribution >= 0.6 is 0 Å². The normalized spacial score (nSPS) is 15.4. The van der Waals surface area contributed by atoms with Gasteiger partial charge in [0.05, 0.1) is 13.2 Å². The lowest BCUT2D eigenvalue weighted by Gasteiger charge is -2.28. The summed E-state index contributed by atoms with van der Waals surface area (Å²) in [6.45, 7) is 2.77. The molecule has 0 aliphatic carbocycles. The van der Waals surface area contributed by atoms with E-state index in [9.17, 15) is 4.79 Å². The summed E-state index contributed by atoms with van der Waals surface area (Å²) in [5, 5.41) is 3.12. The standard InChI is InChI=1S/C22H29N3O2/c1-27-19-11-8-18(9-12-19)21(25-14-4-5-15-25)16-24-22(26)13-10-17-6-2-3-7-20(17)23/h2-3,6-9,11-12,21H,4-5,10,13-16,23H2,1H3,(H,24,26). The first kappa shape index (κ1) is 19.2.